The summed E-state index contributed by atoms with van der Waals surface area (Å²) < 4.78 is 20.3. The highest BCUT2D eigenvalue weighted by atomic mass is 79.9. The number of rotatable bonds is 4. The molecule has 4 heteroatoms. The van der Waals surface area contributed by atoms with Crippen molar-refractivity contribution in [3.63, 3.8) is 0 Å². The molecule has 1 atom stereocenters. The lowest BCUT2D eigenvalue weighted by Gasteiger charge is -2.10. The van der Waals surface area contributed by atoms with Crippen LogP contribution in [0.3, 0.4) is 0 Å². The van der Waals surface area contributed by atoms with Gasteiger partial charge in [-0.25, -0.2) is 4.39 Å². The van der Waals surface area contributed by atoms with Gasteiger partial charge in [0, 0.05) is 10.5 Å². The fraction of sp³-hybridized carbons (Fsp3) is 0.200. The van der Waals surface area contributed by atoms with Crippen LogP contribution in [-0.2, 0) is 6.61 Å². The molecule has 0 bridgehead atoms. The summed E-state index contributed by atoms with van der Waals surface area (Å²) in [5, 5.41) is 0. The maximum absolute atomic E-state index is 13.8. The van der Waals surface area contributed by atoms with Gasteiger partial charge in [0.05, 0.1) is 0 Å². The van der Waals surface area contributed by atoms with Crippen molar-refractivity contribution >= 4 is 15.9 Å². The second-order valence-electron chi connectivity index (χ2n) is 4.40. The standard InChI is InChI=1S/C15H15BrFNO/c1-10(18)12-5-6-15(14(17)8-12)19-9-11-3-2-4-13(16)7-11/h2-8,10H,9,18H2,1H3. The molecular formula is C15H15BrFNO. The van der Waals surface area contributed by atoms with Crippen molar-refractivity contribution in [3.8, 4) is 5.75 Å². The van der Waals surface area contributed by atoms with E-state index in [4.69, 9.17) is 10.5 Å². The van der Waals surface area contributed by atoms with Gasteiger partial charge in [0.1, 0.15) is 6.61 Å². The highest BCUT2D eigenvalue weighted by Crippen LogP contribution is 2.22. The molecular weight excluding hydrogens is 309 g/mol. The fourth-order valence-electron chi connectivity index (χ4n) is 1.71. The van der Waals surface area contributed by atoms with Gasteiger partial charge in [-0.3, -0.25) is 0 Å². The molecule has 1 unspecified atom stereocenters. The van der Waals surface area contributed by atoms with Crippen molar-refractivity contribution in [1.29, 1.82) is 0 Å². The van der Waals surface area contributed by atoms with Crippen molar-refractivity contribution in [1.82, 2.24) is 0 Å². The van der Waals surface area contributed by atoms with Gasteiger partial charge in [-0.15, -0.1) is 0 Å². The Balaban J connectivity index is 2.07. The molecule has 2 N–H and O–H groups in total. The number of ether oxygens (including phenoxy) is 1. The maximum Gasteiger partial charge on any atom is 0.165 e. The monoisotopic (exact) mass is 323 g/mol. The quantitative estimate of drug-likeness (QED) is 0.915. The predicted octanol–water partition coefficient (Wildman–Crippen LogP) is 4.19. The van der Waals surface area contributed by atoms with Crippen LogP contribution in [0.1, 0.15) is 24.1 Å². The zero-order chi connectivity index (χ0) is 13.8. The Labute approximate surface area is 120 Å². The van der Waals surface area contributed by atoms with Crippen LogP contribution >= 0.6 is 15.9 Å². The lowest BCUT2D eigenvalue weighted by molar-refractivity contribution is 0.290. The van der Waals surface area contributed by atoms with Crippen LogP contribution in [0.4, 0.5) is 4.39 Å². The lowest BCUT2D eigenvalue weighted by Crippen LogP contribution is -2.06. The smallest absolute Gasteiger partial charge is 0.165 e. The van der Waals surface area contributed by atoms with E-state index < -0.39 is 0 Å². The fourth-order valence-corrected chi connectivity index (χ4v) is 2.15. The molecule has 2 rings (SSSR count). The van der Waals surface area contributed by atoms with E-state index in [9.17, 15) is 4.39 Å². The van der Waals surface area contributed by atoms with E-state index in [1.54, 1.807) is 12.1 Å². The largest absolute Gasteiger partial charge is 0.486 e. The summed E-state index contributed by atoms with van der Waals surface area (Å²) in [4.78, 5) is 0. The first-order chi connectivity index (χ1) is 9.06. The zero-order valence-electron chi connectivity index (χ0n) is 10.6. The van der Waals surface area contributed by atoms with Crippen LogP contribution in [0.5, 0.6) is 5.75 Å². The minimum absolute atomic E-state index is 0.186. The molecule has 0 aliphatic carbocycles. The molecule has 0 heterocycles. The summed E-state index contributed by atoms with van der Waals surface area (Å²) in [6.07, 6.45) is 0. The number of nitrogens with two attached hydrogens (primary N) is 1. The number of hydrogen-bond acceptors (Lipinski definition) is 2. The lowest BCUT2D eigenvalue weighted by atomic mass is 10.1. The first kappa shape index (κ1) is 14.0. The maximum atomic E-state index is 13.8. The van der Waals surface area contributed by atoms with E-state index in [0.717, 1.165) is 15.6 Å². The predicted molar refractivity (Wildman–Crippen MR) is 77.5 cm³/mol. The van der Waals surface area contributed by atoms with E-state index in [-0.39, 0.29) is 17.6 Å². The van der Waals surface area contributed by atoms with Gasteiger partial charge in [-0.1, -0.05) is 34.1 Å². The molecule has 0 saturated carbocycles. The first-order valence-corrected chi connectivity index (χ1v) is 6.78. The Morgan fingerprint density at radius 1 is 1.26 bits per heavy atom. The van der Waals surface area contributed by atoms with Crippen molar-refractivity contribution < 1.29 is 9.13 Å². The molecule has 0 saturated heterocycles. The summed E-state index contributed by atoms with van der Waals surface area (Å²) in [6.45, 7) is 2.14. The van der Waals surface area contributed by atoms with Gasteiger partial charge in [-0.2, -0.15) is 0 Å². The molecule has 19 heavy (non-hydrogen) atoms. The number of benzene rings is 2. The molecule has 0 aliphatic heterocycles. The molecule has 100 valence electrons. The number of halogens is 2. The van der Waals surface area contributed by atoms with Crippen LogP contribution in [0.15, 0.2) is 46.9 Å². The molecule has 0 aromatic heterocycles. The van der Waals surface area contributed by atoms with Gasteiger partial charge in [-0.05, 0) is 42.3 Å². The zero-order valence-corrected chi connectivity index (χ0v) is 12.2. The van der Waals surface area contributed by atoms with E-state index in [1.807, 2.05) is 31.2 Å². The third-order valence-corrected chi connectivity index (χ3v) is 3.26. The van der Waals surface area contributed by atoms with Gasteiger partial charge in [0.15, 0.2) is 11.6 Å². The molecule has 0 amide bonds. The third-order valence-electron chi connectivity index (χ3n) is 2.77. The number of hydrogen-bond donors (Lipinski definition) is 1. The molecule has 0 spiro atoms. The summed E-state index contributed by atoms with van der Waals surface area (Å²) in [7, 11) is 0. The average molecular weight is 324 g/mol. The normalized spacial score (nSPS) is 12.2. The second kappa shape index (κ2) is 6.17. The average Bonchev–Trinajstić information content (AvgIpc) is 2.37. The van der Waals surface area contributed by atoms with Gasteiger partial charge < -0.3 is 10.5 Å². The summed E-state index contributed by atoms with van der Waals surface area (Å²) in [6, 6.07) is 12.3. The van der Waals surface area contributed by atoms with Crippen LogP contribution in [0.25, 0.3) is 0 Å². The molecule has 0 radical (unpaired) electrons. The van der Waals surface area contributed by atoms with Gasteiger partial charge >= 0.3 is 0 Å². The Kier molecular flexibility index (Phi) is 4.56. The van der Waals surface area contributed by atoms with E-state index in [1.165, 1.54) is 6.07 Å². The Morgan fingerprint density at radius 3 is 2.68 bits per heavy atom. The summed E-state index contributed by atoms with van der Waals surface area (Å²) >= 11 is 3.38. The van der Waals surface area contributed by atoms with Crippen molar-refractivity contribution in [2.45, 2.75) is 19.6 Å². The van der Waals surface area contributed by atoms with E-state index in [2.05, 4.69) is 15.9 Å². The Bertz CT molecular complexity index is 572. The van der Waals surface area contributed by atoms with Crippen molar-refractivity contribution in [2.24, 2.45) is 5.73 Å². The van der Waals surface area contributed by atoms with Crippen LogP contribution < -0.4 is 10.5 Å². The van der Waals surface area contributed by atoms with E-state index in [0.29, 0.717) is 6.61 Å². The van der Waals surface area contributed by atoms with Gasteiger partial charge in [0.2, 0.25) is 0 Å². The first-order valence-electron chi connectivity index (χ1n) is 5.98. The molecule has 2 aromatic carbocycles. The molecule has 0 fully saturated rings. The van der Waals surface area contributed by atoms with Crippen molar-refractivity contribution in [2.75, 3.05) is 0 Å². The molecule has 0 aliphatic rings. The Morgan fingerprint density at radius 2 is 2.05 bits per heavy atom. The SMILES string of the molecule is CC(N)c1ccc(OCc2cccc(Br)c2)c(F)c1. The van der Waals surface area contributed by atoms with Crippen molar-refractivity contribution in [3.05, 3.63) is 63.9 Å². The minimum atomic E-state index is -0.384. The van der Waals surface area contributed by atoms with E-state index >= 15 is 0 Å². The summed E-state index contributed by atoms with van der Waals surface area (Å²) in [5.41, 5.74) is 7.44. The molecule has 2 nitrogen and oxygen atoms in total. The van der Waals surface area contributed by atoms with Crippen LogP contribution in [0.2, 0.25) is 0 Å². The summed E-state index contributed by atoms with van der Waals surface area (Å²) in [5.74, 6) is -0.144. The third kappa shape index (κ3) is 3.78. The Hall–Kier alpha value is -1.39. The minimum Gasteiger partial charge on any atom is -0.486 e. The van der Waals surface area contributed by atoms with Crippen LogP contribution in [0, 0.1) is 5.82 Å². The van der Waals surface area contributed by atoms with Gasteiger partial charge in [0.25, 0.3) is 0 Å². The highest BCUT2D eigenvalue weighted by Gasteiger charge is 2.07. The second-order valence-corrected chi connectivity index (χ2v) is 5.31. The topological polar surface area (TPSA) is 35.2 Å². The highest BCUT2D eigenvalue weighted by molar-refractivity contribution is 9.10. The molecule has 2 aromatic rings. The van der Waals surface area contributed by atoms with Crippen LogP contribution in [-0.4, -0.2) is 0 Å².